The highest BCUT2D eigenvalue weighted by molar-refractivity contribution is 5.03. The van der Waals surface area contributed by atoms with Gasteiger partial charge in [0.2, 0.25) is 0 Å². The Balaban J connectivity index is 2.56. The molecule has 0 aromatic carbocycles. The highest BCUT2D eigenvalue weighted by atomic mass is 14.9. The summed E-state index contributed by atoms with van der Waals surface area (Å²) in [6, 6.07) is 0.601. The summed E-state index contributed by atoms with van der Waals surface area (Å²) >= 11 is 0. The van der Waals surface area contributed by atoms with Crippen LogP contribution in [0.25, 0.3) is 0 Å². The van der Waals surface area contributed by atoms with E-state index in [1.54, 1.807) is 0 Å². The number of hydrogen-bond donors (Lipinski definition) is 1. The summed E-state index contributed by atoms with van der Waals surface area (Å²) in [6.07, 6.45) is 9.48. The molecule has 1 aliphatic rings. The molecule has 1 heteroatoms. The van der Waals surface area contributed by atoms with Crippen LogP contribution >= 0.6 is 0 Å². The number of allylic oxidation sites excluding steroid dienone is 1. The molecule has 0 spiro atoms. The van der Waals surface area contributed by atoms with Crippen LogP contribution in [0.1, 0.15) is 52.9 Å². The predicted molar refractivity (Wildman–Crippen MR) is 68.0 cm³/mol. The predicted octanol–water partition coefficient (Wildman–Crippen LogP) is 3.76. The van der Waals surface area contributed by atoms with Crippen molar-refractivity contribution in [2.24, 2.45) is 11.8 Å². The summed E-state index contributed by atoms with van der Waals surface area (Å²) in [6.45, 7) is 6.73. The molecule has 0 aromatic heterocycles. The Hall–Kier alpha value is -0.300. The average Bonchev–Trinajstić information content (AvgIpc) is 2.25. The molecule has 1 nitrogen and oxygen atoms in total. The molecule has 1 N–H and O–H groups in total. The number of nitrogens with one attached hydrogen (secondary N) is 1. The van der Waals surface area contributed by atoms with E-state index >= 15 is 0 Å². The molecule has 88 valence electrons. The maximum absolute atomic E-state index is 3.47. The molecule has 0 heterocycles. The lowest BCUT2D eigenvalue weighted by molar-refractivity contribution is 0.232. The lowest BCUT2D eigenvalue weighted by atomic mass is 9.76. The zero-order valence-electron chi connectivity index (χ0n) is 10.8. The molecule has 1 fully saturated rings. The molecule has 15 heavy (non-hydrogen) atoms. The number of hydrogen-bond acceptors (Lipinski definition) is 1. The standard InChI is InChI=1S/C14H27N/c1-5-12-7-6-8-13(10-12)14(15-4)9-11(2)3/h9,12-15H,5-8,10H2,1-4H3. The minimum Gasteiger partial charge on any atom is -0.313 e. The minimum absolute atomic E-state index is 0.601. The second-order valence-electron chi connectivity index (χ2n) is 5.26. The molecular weight excluding hydrogens is 182 g/mol. The first-order chi connectivity index (χ1) is 7.17. The molecule has 3 unspecified atom stereocenters. The van der Waals surface area contributed by atoms with Gasteiger partial charge in [0.05, 0.1) is 0 Å². The van der Waals surface area contributed by atoms with Gasteiger partial charge in [-0.3, -0.25) is 0 Å². The maximum atomic E-state index is 3.47. The number of rotatable bonds is 4. The Labute approximate surface area is 95.3 Å². The number of likely N-dealkylation sites (N-methyl/N-ethyl adjacent to an activating group) is 1. The third kappa shape index (κ3) is 3.98. The highest BCUT2D eigenvalue weighted by Gasteiger charge is 2.25. The molecule has 0 saturated heterocycles. The highest BCUT2D eigenvalue weighted by Crippen LogP contribution is 2.33. The van der Waals surface area contributed by atoms with Crippen LogP contribution in [0.2, 0.25) is 0 Å². The molecule has 0 aromatic rings. The van der Waals surface area contributed by atoms with Crippen molar-refractivity contribution in [3.63, 3.8) is 0 Å². The molecule has 1 rings (SSSR count). The molecule has 1 aliphatic carbocycles. The second kappa shape index (κ2) is 6.32. The van der Waals surface area contributed by atoms with E-state index < -0.39 is 0 Å². The fraction of sp³-hybridized carbons (Fsp3) is 0.857. The van der Waals surface area contributed by atoms with Crippen molar-refractivity contribution in [2.45, 2.75) is 58.9 Å². The average molecular weight is 209 g/mol. The lowest BCUT2D eigenvalue weighted by Crippen LogP contribution is -2.35. The summed E-state index contributed by atoms with van der Waals surface area (Å²) in [5.41, 5.74) is 1.44. The van der Waals surface area contributed by atoms with E-state index in [-0.39, 0.29) is 0 Å². The van der Waals surface area contributed by atoms with Crippen LogP contribution in [0, 0.1) is 11.8 Å². The third-order valence-corrected chi connectivity index (χ3v) is 3.75. The summed E-state index contributed by atoms with van der Waals surface area (Å²) in [4.78, 5) is 0. The summed E-state index contributed by atoms with van der Waals surface area (Å²) < 4.78 is 0. The normalized spacial score (nSPS) is 28.5. The monoisotopic (exact) mass is 209 g/mol. The largest absolute Gasteiger partial charge is 0.313 e. The van der Waals surface area contributed by atoms with Crippen LogP contribution < -0.4 is 5.32 Å². The zero-order chi connectivity index (χ0) is 11.3. The third-order valence-electron chi connectivity index (χ3n) is 3.75. The van der Waals surface area contributed by atoms with Crippen LogP contribution in [-0.4, -0.2) is 13.1 Å². The van der Waals surface area contributed by atoms with E-state index in [4.69, 9.17) is 0 Å². The molecule has 3 atom stereocenters. The summed E-state index contributed by atoms with van der Waals surface area (Å²) in [7, 11) is 2.10. The smallest absolute Gasteiger partial charge is 0.0278 e. The molecular formula is C14H27N. The zero-order valence-corrected chi connectivity index (χ0v) is 10.8. The molecule has 0 radical (unpaired) electrons. The van der Waals surface area contributed by atoms with E-state index in [2.05, 4.69) is 39.2 Å². The van der Waals surface area contributed by atoms with Gasteiger partial charge in [0.15, 0.2) is 0 Å². The van der Waals surface area contributed by atoms with Crippen LogP contribution in [0.15, 0.2) is 11.6 Å². The van der Waals surface area contributed by atoms with Crippen molar-refractivity contribution in [1.82, 2.24) is 5.32 Å². The van der Waals surface area contributed by atoms with Crippen molar-refractivity contribution >= 4 is 0 Å². The van der Waals surface area contributed by atoms with Gasteiger partial charge >= 0.3 is 0 Å². The van der Waals surface area contributed by atoms with Crippen molar-refractivity contribution in [2.75, 3.05) is 7.05 Å². The van der Waals surface area contributed by atoms with Crippen molar-refractivity contribution in [3.8, 4) is 0 Å². The van der Waals surface area contributed by atoms with E-state index in [1.165, 1.54) is 37.7 Å². The lowest BCUT2D eigenvalue weighted by Gasteiger charge is -2.33. The molecule has 0 amide bonds. The van der Waals surface area contributed by atoms with Gasteiger partial charge in [-0.15, -0.1) is 0 Å². The Bertz CT molecular complexity index is 203. The first-order valence-electron chi connectivity index (χ1n) is 6.49. The topological polar surface area (TPSA) is 12.0 Å². The quantitative estimate of drug-likeness (QED) is 0.695. The van der Waals surface area contributed by atoms with Gasteiger partial charge in [-0.25, -0.2) is 0 Å². The van der Waals surface area contributed by atoms with Crippen molar-refractivity contribution in [3.05, 3.63) is 11.6 Å². The van der Waals surface area contributed by atoms with Gasteiger partial charge < -0.3 is 5.32 Å². The SMILES string of the molecule is CCC1CCCC(C(C=C(C)C)NC)C1. The van der Waals surface area contributed by atoms with Gasteiger partial charge in [-0.05, 0) is 45.6 Å². The van der Waals surface area contributed by atoms with Gasteiger partial charge in [-0.1, -0.05) is 37.8 Å². The van der Waals surface area contributed by atoms with Crippen LogP contribution in [0.3, 0.4) is 0 Å². The van der Waals surface area contributed by atoms with E-state index in [1.807, 2.05) is 0 Å². The van der Waals surface area contributed by atoms with Gasteiger partial charge in [-0.2, -0.15) is 0 Å². The van der Waals surface area contributed by atoms with Gasteiger partial charge in [0.1, 0.15) is 0 Å². The Morgan fingerprint density at radius 3 is 2.67 bits per heavy atom. The Morgan fingerprint density at radius 1 is 1.40 bits per heavy atom. The van der Waals surface area contributed by atoms with E-state index in [9.17, 15) is 0 Å². The Morgan fingerprint density at radius 2 is 2.13 bits per heavy atom. The molecule has 0 aliphatic heterocycles. The molecule has 0 bridgehead atoms. The minimum atomic E-state index is 0.601. The van der Waals surface area contributed by atoms with Crippen LogP contribution in [0.5, 0.6) is 0 Å². The summed E-state index contributed by atoms with van der Waals surface area (Å²) in [5.74, 6) is 1.84. The second-order valence-corrected chi connectivity index (χ2v) is 5.26. The molecule has 1 saturated carbocycles. The Kier molecular flexibility index (Phi) is 5.38. The first-order valence-corrected chi connectivity index (χ1v) is 6.49. The van der Waals surface area contributed by atoms with E-state index in [0.717, 1.165) is 11.8 Å². The fourth-order valence-electron chi connectivity index (χ4n) is 2.84. The van der Waals surface area contributed by atoms with E-state index in [0.29, 0.717) is 6.04 Å². The first kappa shape index (κ1) is 12.8. The van der Waals surface area contributed by atoms with Crippen LogP contribution in [0.4, 0.5) is 0 Å². The van der Waals surface area contributed by atoms with Crippen molar-refractivity contribution in [1.29, 1.82) is 0 Å². The van der Waals surface area contributed by atoms with Crippen molar-refractivity contribution < 1.29 is 0 Å². The van der Waals surface area contributed by atoms with Crippen LogP contribution in [-0.2, 0) is 0 Å². The fourth-order valence-corrected chi connectivity index (χ4v) is 2.84. The summed E-state index contributed by atoms with van der Waals surface area (Å²) in [5, 5.41) is 3.47. The maximum Gasteiger partial charge on any atom is 0.0278 e. The van der Waals surface area contributed by atoms with Gasteiger partial charge in [0, 0.05) is 6.04 Å². The van der Waals surface area contributed by atoms with Gasteiger partial charge in [0.25, 0.3) is 0 Å².